The molecule has 0 aliphatic carbocycles. The van der Waals surface area contributed by atoms with Crippen LogP contribution < -0.4 is 0 Å². The Morgan fingerprint density at radius 2 is 0.842 bits per heavy atom. The van der Waals surface area contributed by atoms with Gasteiger partial charge in [0, 0.05) is 0 Å². The fourth-order valence-corrected chi connectivity index (χ4v) is 9.29. The SMILES string of the molecule is CCCCCC[Si](CCC)(CCC)CCCCCC. The molecule has 0 rings (SSSR count). The van der Waals surface area contributed by atoms with Crippen molar-refractivity contribution in [2.24, 2.45) is 0 Å². The normalized spacial score (nSPS) is 12.0. The molecule has 0 aliphatic rings. The van der Waals surface area contributed by atoms with E-state index in [0.29, 0.717) is 0 Å². The molecule has 0 N–H and O–H groups in total. The Morgan fingerprint density at radius 1 is 0.421 bits per heavy atom. The largest absolute Gasteiger partial charge is 0.0657 e. The summed E-state index contributed by atoms with van der Waals surface area (Å²) >= 11 is 0. The van der Waals surface area contributed by atoms with Crippen molar-refractivity contribution in [1.29, 1.82) is 0 Å². The van der Waals surface area contributed by atoms with Crippen LogP contribution in [0.1, 0.15) is 91.9 Å². The monoisotopic (exact) mass is 284 g/mol. The first-order valence-corrected chi connectivity index (χ1v) is 12.1. The summed E-state index contributed by atoms with van der Waals surface area (Å²) in [5.41, 5.74) is 0. The molecule has 0 atom stereocenters. The molecular formula is C18H40Si. The van der Waals surface area contributed by atoms with Crippen LogP contribution in [0.25, 0.3) is 0 Å². The Bertz CT molecular complexity index is 157. The zero-order valence-corrected chi connectivity index (χ0v) is 15.4. The molecule has 0 radical (unpaired) electrons. The van der Waals surface area contributed by atoms with E-state index in [2.05, 4.69) is 27.7 Å². The molecule has 0 unspecified atom stereocenters. The molecule has 0 aromatic heterocycles. The van der Waals surface area contributed by atoms with Crippen LogP contribution in [-0.2, 0) is 0 Å². The quantitative estimate of drug-likeness (QED) is 0.230. The molecule has 0 spiro atoms. The van der Waals surface area contributed by atoms with Crippen molar-refractivity contribution in [1.82, 2.24) is 0 Å². The van der Waals surface area contributed by atoms with Crippen molar-refractivity contribution >= 4 is 8.07 Å². The lowest BCUT2D eigenvalue weighted by Gasteiger charge is -2.32. The second-order valence-electron chi connectivity index (χ2n) is 6.62. The standard InChI is InChI=1S/C18H40Si/c1-5-9-11-13-17-19(15-7-3,16-8-4)18-14-12-10-6-2/h5-18H2,1-4H3. The smallest absolute Gasteiger partial charge is 0.0535 e. The number of hydrogen-bond acceptors (Lipinski definition) is 0. The maximum absolute atomic E-state index is 2.41. The van der Waals surface area contributed by atoms with Crippen molar-refractivity contribution in [3.8, 4) is 0 Å². The van der Waals surface area contributed by atoms with Crippen LogP contribution in [0.2, 0.25) is 24.2 Å². The van der Waals surface area contributed by atoms with Gasteiger partial charge in [-0.05, 0) is 0 Å². The zero-order valence-electron chi connectivity index (χ0n) is 14.4. The maximum atomic E-state index is 2.41. The third kappa shape index (κ3) is 9.71. The lowest BCUT2D eigenvalue weighted by atomic mass is 10.2. The van der Waals surface area contributed by atoms with Gasteiger partial charge in [-0.3, -0.25) is 0 Å². The lowest BCUT2D eigenvalue weighted by Crippen LogP contribution is -2.33. The van der Waals surface area contributed by atoms with Crippen LogP contribution in [0.4, 0.5) is 0 Å². The second kappa shape index (κ2) is 13.2. The summed E-state index contributed by atoms with van der Waals surface area (Å²) in [7, 11) is -0.896. The van der Waals surface area contributed by atoms with Gasteiger partial charge in [0.25, 0.3) is 0 Å². The summed E-state index contributed by atoms with van der Waals surface area (Å²) in [6.07, 6.45) is 14.6. The third-order valence-electron chi connectivity index (χ3n) is 4.68. The van der Waals surface area contributed by atoms with Crippen molar-refractivity contribution in [3.05, 3.63) is 0 Å². The summed E-state index contributed by atoms with van der Waals surface area (Å²) < 4.78 is 0. The number of rotatable bonds is 14. The predicted octanol–water partition coefficient (Wildman–Crippen LogP) is 7.42. The Labute approximate surface area is 124 Å². The van der Waals surface area contributed by atoms with Gasteiger partial charge in [-0.2, -0.15) is 0 Å². The number of unbranched alkanes of at least 4 members (excludes halogenated alkanes) is 6. The summed E-state index contributed by atoms with van der Waals surface area (Å²) in [5, 5.41) is 0. The highest BCUT2D eigenvalue weighted by Gasteiger charge is 2.29. The van der Waals surface area contributed by atoms with Gasteiger partial charge < -0.3 is 0 Å². The molecule has 0 nitrogen and oxygen atoms in total. The van der Waals surface area contributed by atoms with Crippen LogP contribution in [0.15, 0.2) is 0 Å². The van der Waals surface area contributed by atoms with E-state index in [9.17, 15) is 0 Å². The van der Waals surface area contributed by atoms with Crippen LogP contribution in [0.5, 0.6) is 0 Å². The highest BCUT2D eigenvalue weighted by molar-refractivity contribution is 6.79. The Balaban J connectivity index is 4.22. The van der Waals surface area contributed by atoms with Gasteiger partial charge in [0.15, 0.2) is 0 Å². The van der Waals surface area contributed by atoms with Crippen LogP contribution in [0.3, 0.4) is 0 Å². The van der Waals surface area contributed by atoms with E-state index in [0.717, 1.165) is 0 Å². The highest BCUT2D eigenvalue weighted by atomic mass is 28.3. The fourth-order valence-electron chi connectivity index (χ4n) is 3.66. The van der Waals surface area contributed by atoms with Gasteiger partial charge in [-0.15, -0.1) is 0 Å². The first kappa shape index (κ1) is 19.2. The van der Waals surface area contributed by atoms with Gasteiger partial charge in [-0.25, -0.2) is 0 Å². The van der Waals surface area contributed by atoms with E-state index in [4.69, 9.17) is 0 Å². The Hall–Kier alpha value is 0.217. The summed E-state index contributed by atoms with van der Waals surface area (Å²) in [5.74, 6) is 0. The first-order chi connectivity index (χ1) is 9.24. The molecular weight excluding hydrogens is 244 g/mol. The molecule has 0 aromatic rings. The van der Waals surface area contributed by atoms with Gasteiger partial charge in [-0.1, -0.05) is 116 Å². The highest BCUT2D eigenvalue weighted by Crippen LogP contribution is 2.33. The van der Waals surface area contributed by atoms with Gasteiger partial charge in [0.2, 0.25) is 0 Å². The summed E-state index contributed by atoms with van der Waals surface area (Å²) in [6.45, 7) is 9.48. The molecule has 0 saturated heterocycles. The summed E-state index contributed by atoms with van der Waals surface area (Å²) in [4.78, 5) is 0. The van der Waals surface area contributed by atoms with E-state index in [1.54, 1.807) is 24.2 Å². The van der Waals surface area contributed by atoms with Crippen LogP contribution in [-0.4, -0.2) is 8.07 Å². The zero-order chi connectivity index (χ0) is 14.4. The van der Waals surface area contributed by atoms with Gasteiger partial charge >= 0.3 is 0 Å². The minimum atomic E-state index is -0.896. The van der Waals surface area contributed by atoms with E-state index in [1.165, 1.54) is 64.2 Å². The predicted molar refractivity (Wildman–Crippen MR) is 93.8 cm³/mol. The van der Waals surface area contributed by atoms with E-state index in [-0.39, 0.29) is 0 Å². The van der Waals surface area contributed by atoms with Crippen molar-refractivity contribution in [2.45, 2.75) is 116 Å². The minimum Gasteiger partial charge on any atom is -0.0657 e. The van der Waals surface area contributed by atoms with Crippen LogP contribution >= 0.6 is 0 Å². The average Bonchev–Trinajstić information content (AvgIpc) is 2.41. The van der Waals surface area contributed by atoms with E-state index < -0.39 is 8.07 Å². The van der Waals surface area contributed by atoms with Gasteiger partial charge in [0.1, 0.15) is 0 Å². The van der Waals surface area contributed by atoms with Crippen molar-refractivity contribution in [3.63, 3.8) is 0 Å². The second-order valence-corrected chi connectivity index (χ2v) is 11.6. The molecule has 0 saturated carbocycles. The maximum Gasteiger partial charge on any atom is 0.0535 e. The molecule has 1 heteroatoms. The first-order valence-electron chi connectivity index (χ1n) is 9.24. The molecule has 0 bridgehead atoms. The molecule has 0 heterocycles. The molecule has 0 fully saturated rings. The van der Waals surface area contributed by atoms with Crippen LogP contribution in [0, 0.1) is 0 Å². The fraction of sp³-hybridized carbons (Fsp3) is 1.00. The van der Waals surface area contributed by atoms with Gasteiger partial charge in [0.05, 0.1) is 8.07 Å². The molecule has 0 amide bonds. The Kier molecular flexibility index (Phi) is 13.4. The summed E-state index contributed by atoms with van der Waals surface area (Å²) in [6, 6.07) is 6.50. The Morgan fingerprint density at radius 3 is 1.16 bits per heavy atom. The number of hydrogen-bond donors (Lipinski definition) is 0. The topological polar surface area (TPSA) is 0 Å². The minimum absolute atomic E-state index is 0.896. The lowest BCUT2D eigenvalue weighted by molar-refractivity contribution is 0.674. The van der Waals surface area contributed by atoms with E-state index in [1.807, 2.05) is 0 Å². The molecule has 0 aliphatic heterocycles. The van der Waals surface area contributed by atoms with Crippen molar-refractivity contribution in [2.75, 3.05) is 0 Å². The molecule has 116 valence electrons. The third-order valence-corrected chi connectivity index (χ3v) is 10.6. The molecule has 19 heavy (non-hydrogen) atoms. The average molecular weight is 285 g/mol. The van der Waals surface area contributed by atoms with E-state index >= 15 is 0 Å². The van der Waals surface area contributed by atoms with Crippen molar-refractivity contribution < 1.29 is 0 Å². The molecule has 0 aromatic carbocycles.